The summed E-state index contributed by atoms with van der Waals surface area (Å²) in [5.41, 5.74) is 4.52. The number of piperidine rings is 1. The van der Waals surface area contributed by atoms with Crippen LogP contribution in [-0.2, 0) is 16.6 Å². The van der Waals surface area contributed by atoms with E-state index in [1.54, 1.807) is 5.56 Å². The molecule has 1 aromatic heterocycles. The normalized spacial score (nSPS) is 20.9. The van der Waals surface area contributed by atoms with Crippen LogP contribution in [-0.4, -0.2) is 24.4 Å². The van der Waals surface area contributed by atoms with Crippen molar-refractivity contribution in [2.24, 2.45) is 5.92 Å². The highest BCUT2D eigenvalue weighted by molar-refractivity contribution is 5.84. The van der Waals surface area contributed by atoms with Crippen LogP contribution in [0.3, 0.4) is 0 Å². The van der Waals surface area contributed by atoms with E-state index in [4.69, 9.17) is 0 Å². The molecule has 3 aromatic rings. The quantitative estimate of drug-likeness (QED) is 0.676. The molecule has 0 bridgehead atoms. The molecule has 2 heterocycles. The van der Waals surface area contributed by atoms with Gasteiger partial charge >= 0.3 is 0 Å². The first-order chi connectivity index (χ1) is 13.3. The van der Waals surface area contributed by atoms with Gasteiger partial charge in [0.15, 0.2) is 0 Å². The summed E-state index contributed by atoms with van der Waals surface area (Å²) in [6.45, 7) is 2.14. The van der Waals surface area contributed by atoms with Crippen LogP contribution in [0.1, 0.15) is 36.8 Å². The lowest BCUT2D eigenvalue weighted by atomic mass is 9.67. The van der Waals surface area contributed by atoms with Crippen LogP contribution in [0.15, 0.2) is 54.6 Å². The van der Waals surface area contributed by atoms with Gasteiger partial charge in [0.1, 0.15) is 12.1 Å². The Balaban J connectivity index is 1.42. The summed E-state index contributed by atoms with van der Waals surface area (Å²) < 4.78 is 0. The second-order valence-electron chi connectivity index (χ2n) is 8.19. The van der Waals surface area contributed by atoms with Crippen molar-refractivity contribution in [3.8, 4) is 0 Å². The smallest absolute Gasteiger partial charge is 0.120 e. The first-order valence-electron chi connectivity index (χ1n) is 10.1. The SMILES string of the molecule is O=CCCC1Cc2ccccc2C12CCN(c1cc3ccccc3[nH]1)CC2. The van der Waals surface area contributed by atoms with Gasteiger partial charge in [-0.15, -0.1) is 0 Å². The summed E-state index contributed by atoms with van der Waals surface area (Å²) in [5.74, 6) is 1.84. The zero-order chi connectivity index (χ0) is 18.3. The molecule has 1 aliphatic carbocycles. The minimum absolute atomic E-state index is 0.252. The van der Waals surface area contributed by atoms with E-state index >= 15 is 0 Å². The summed E-state index contributed by atoms with van der Waals surface area (Å²) in [4.78, 5) is 17.1. The van der Waals surface area contributed by atoms with Crippen molar-refractivity contribution in [2.75, 3.05) is 18.0 Å². The van der Waals surface area contributed by atoms with Gasteiger partial charge in [-0.05, 0) is 54.9 Å². The zero-order valence-electron chi connectivity index (χ0n) is 15.7. The first-order valence-corrected chi connectivity index (χ1v) is 10.1. The van der Waals surface area contributed by atoms with Gasteiger partial charge < -0.3 is 14.7 Å². The fourth-order valence-corrected chi connectivity index (χ4v) is 5.56. The predicted octanol–water partition coefficient (Wildman–Crippen LogP) is 4.86. The largest absolute Gasteiger partial charge is 0.358 e. The molecule has 1 aliphatic heterocycles. The van der Waals surface area contributed by atoms with Crippen LogP contribution in [0, 0.1) is 5.92 Å². The Morgan fingerprint density at radius 2 is 1.85 bits per heavy atom. The predicted molar refractivity (Wildman–Crippen MR) is 110 cm³/mol. The number of fused-ring (bicyclic) bond motifs is 3. The minimum atomic E-state index is 0.252. The van der Waals surface area contributed by atoms with Gasteiger partial charge in [0, 0.05) is 35.8 Å². The van der Waals surface area contributed by atoms with E-state index in [0.29, 0.717) is 12.3 Å². The van der Waals surface area contributed by atoms with E-state index in [1.807, 2.05) is 0 Å². The molecule has 1 N–H and O–H groups in total. The van der Waals surface area contributed by atoms with Crippen molar-refractivity contribution >= 4 is 23.0 Å². The number of rotatable bonds is 4. The maximum Gasteiger partial charge on any atom is 0.120 e. The third kappa shape index (κ3) is 2.68. The number of para-hydroxylation sites is 1. The lowest BCUT2D eigenvalue weighted by Crippen LogP contribution is -2.45. The van der Waals surface area contributed by atoms with E-state index in [1.165, 1.54) is 35.1 Å². The number of nitrogens with zero attached hydrogens (tertiary/aromatic N) is 1. The molecular formula is C24H26N2O. The zero-order valence-corrected chi connectivity index (χ0v) is 15.7. The molecule has 3 heteroatoms. The number of hydrogen-bond donors (Lipinski definition) is 1. The van der Waals surface area contributed by atoms with E-state index < -0.39 is 0 Å². The molecule has 3 nitrogen and oxygen atoms in total. The Morgan fingerprint density at radius 3 is 2.67 bits per heavy atom. The third-order valence-electron chi connectivity index (χ3n) is 6.95. The summed E-state index contributed by atoms with van der Waals surface area (Å²) in [6.07, 6.45) is 6.27. The second kappa shape index (κ2) is 6.56. The number of benzene rings is 2. The topological polar surface area (TPSA) is 36.1 Å². The molecular weight excluding hydrogens is 332 g/mol. The molecule has 1 spiro atoms. The Hall–Kier alpha value is -2.55. The summed E-state index contributed by atoms with van der Waals surface area (Å²) in [6, 6.07) is 19.8. The molecule has 0 saturated carbocycles. The minimum Gasteiger partial charge on any atom is -0.358 e. The molecule has 1 atom stereocenters. The van der Waals surface area contributed by atoms with Gasteiger partial charge in [-0.1, -0.05) is 42.5 Å². The molecule has 1 unspecified atom stereocenters. The molecule has 2 aliphatic rings. The number of aldehydes is 1. The Labute approximate surface area is 160 Å². The van der Waals surface area contributed by atoms with Crippen molar-refractivity contribution < 1.29 is 4.79 Å². The molecule has 5 rings (SSSR count). The van der Waals surface area contributed by atoms with Crippen LogP contribution in [0.4, 0.5) is 5.82 Å². The van der Waals surface area contributed by atoms with E-state index in [-0.39, 0.29) is 5.41 Å². The average Bonchev–Trinajstić information content (AvgIpc) is 3.27. The van der Waals surface area contributed by atoms with Gasteiger partial charge in [0.2, 0.25) is 0 Å². The monoisotopic (exact) mass is 358 g/mol. The number of aromatic nitrogens is 1. The highest BCUT2D eigenvalue weighted by atomic mass is 16.1. The van der Waals surface area contributed by atoms with E-state index in [0.717, 1.165) is 32.2 Å². The molecule has 0 radical (unpaired) electrons. The number of H-pyrrole nitrogens is 1. The van der Waals surface area contributed by atoms with Gasteiger partial charge in [-0.2, -0.15) is 0 Å². The average molecular weight is 358 g/mol. The Bertz CT molecular complexity index is 932. The standard InChI is InChI=1S/C24H26N2O/c27-15-5-8-20-16-18-6-1-3-9-21(18)24(20)11-13-26(14-12-24)23-17-19-7-2-4-10-22(19)25-23/h1-4,6-7,9-10,15,17,20,25H,5,8,11-14,16H2. The van der Waals surface area contributed by atoms with Crippen molar-refractivity contribution in [1.29, 1.82) is 0 Å². The summed E-state index contributed by atoms with van der Waals surface area (Å²) in [7, 11) is 0. The Kier molecular flexibility index (Phi) is 4.04. The van der Waals surface area contributed by atoms with Crippen LogP contribution in [0.2, 0.25) is 0 Å². The van der Waals surface area contributed by atoms with E-state index in [9.17, 15) is 4.79 Å². The highest BCUT2D eigenvalue weighted by Gasteiger charge is 2.47. The molecule has 27 heavy (non-hydrogen) atoms. The van der Waals surface area contributed by atoms with Crippen LogP contribution in [0.25, 0.3) is 10.9 Å². The maximum atomic E-state index is 11.0. The summed E-state index contributed by atoms with van der Waals surface area (Å²) >= 11 is 0. The fourth-order valence-electron chi connectivity index (χ4n) is 5.56. The molecule has 138 valence electrons. The van der Waals surface area contributed by atoms with Gasteiger partial charge in [-0.3, -0.25) is 0 Å². The first kappa shape index (κ1) is 16.6. The van der Waals surface area contributed by atoms with Gasteiger partial charge in [-0.25, -0.2) is 0 Å². The van der Waals surface area contributed by atoms with Crippen molar-refractivity contribution in [2.45, 2.75) is 37.5 Å². The Morgan fingerprint density at radius 1 is 1.07 bits per heavy atom. The number of anilines is 1. The summed E-state index contributed by atoms with van der Waals surface area (Å²) in [5, 5.41) is 1.28. The van der Waals surface area contributed by atoms with Gasteiger partial charge in [0.05, 0.1) is 0 Å². The molecule has 1 fully saturated rings. The van der Waals surface area contributed by atoms with Crippen LogP contribution in [0.5, 0.6) is 0 Å². The lowest BCUT2D eigenvalue weighted by Gasteiger charge is -2.44. The van der Waals surface area contributed by atoms with E-state index in [2.05, 4.69) is 64.5 Å². The van der Waals surface area contributed by atoms with Crippen LogP contribution < -0.4 is 4.90 Å². The fraction of sp³-hybridized carbons (Fsp3) is 0.375. The molecule has 1 saturated heterocycles. The number of hydrogen-bond acceptors (Lipinski definition) is 2. The number of carbonyl (C=O) groups is 1. The molecule has 2 aromatic carbocycles. The lowest BCUT2D eigenvalue weighted by molar-refractivity contribution is -0.108. The van der Waals surface area contributed by atoms with Crippen LogP contribution >= 0.6 is 0 Å². The number of nitrogens with one attached hydrogen (secondary N) is 1. The number of aromatic amines is 1. The maximum absolute atomic E-state index is 11.0. The van der Waals surface area contributed by atoms with Gasteiger partial charge in [0.25, 0.3) is 0 Å². The van der Waals surface area contributed by atoms with Crippen molar-refractivity contribution in [1.82, 2.24) is 4.98 Å². The number of carbonyl (C=O) groups excluding carboxylic acids is 1. The highest BCUT2D eigenvalue weighted by Crippen LogP contribution is 2.51. The third-order valence-corrected chi connectivity index (χ3v) is 6.95. The van der Waals surface area contributed by atoms with Crippen molar-refractivity contribution in [3.63, 3.8) is 0 Å². The molecule has 0 amide bonds. The van der Waals surface area contributed by atoms with Crippen molar-refractivity contribution in [3.05, 3.63) is 65.7 Å². The second-order valence-corrected chi connectivity index (χ2v) is 8.19.